The fourth-order valence-corrected chi connectivity index (χ4v) is 1.24. The van der Waals surface area contributed by atoms with Gasteiger partial charge in [0.25, 0.3) is 0 Å². The van der Waals surface area contributed by atoms with Gasteiger partial charge in [0.05, 0.1) is 0 Å². The second-order valence-electron chi connectivity index (χ2n) is 2.80. The Morgan fingerprint density at radius 2 is 1.36 bits per heavy atom. The van der Waals surface area contributed by atoms with Crippen molar-refractivity contribution in [1.82, 2.24) is 0 Å². The molecule has 0 bridgehead atoms. The molecule has 7 heteroatoms. The summed E-state index contributed by atoms with van der Waals surface area (Å²) in [7, 11) is 0. The van der Waals surface area contributed by atoms with Crippen LogP contribution in [0.15, 0.2) is 0 Å². The Balaban J connectivity index is 0. The van der Waals surface area contributed by atoms with Crippen molar-refractivity contribution in [2.24, 2.45) is 5.41 Å². The maximum Gasteiger partial charge on any atom is 0.321 e. The van der Waals surface area contributed by atoms with E-state index in [4.69, 9.17) is 14.9 Å². The van der Waals surface area contributed by atoms with Crippen molar-refractivity contribution < 1.29 is 69.3 Å². The number of aliphatic carboxylic acids is 2. The van der Waals surface area contributed by atoms with E-state index in [1.54, 1.807) is 0 Å². The van der Waals surface area contributed by atoms with Crippen LogP contribution in [0.25, 0.3) is 0 Å². The predicted octanol–water partition coefficient (Wildman–Crippen LogP) is -0.0526. The zero-order valence-electron chi connectivity index (χ0n) is 7.05. The molecule has 0 aromatic heterocycles. The summed E-state index contributed by atoms with van der Waals surface area (Å²) in [6.45, 7) is 0.414. The number of hydrogen-bond donors (Lipinski definition) is 2. The third-order valence-electron chi connectivity index (χ3n) is 2.17. The Morgan fingerprint density at radius 3 is 1.57 bits per heavy atom. The van der Waals surface area contributed by atoms with Gasteiger partial charge in [0.15, 0.2) is 5.41 Å². The molecule has 0 aromatic carbocycles. The van der Waals surface area contributed by atoms with Crippen LogP contribution in [0.2, 0.25) is 0 Å². The smallest absolute Gasteiger partial charge is 0.321 e. The average Bonchev–Trinajstić information content (AvgIpc) is 2.05. The fraction of sp³-hybridized carbons (Fsp3) is 0.714. The van der Waals surface area contributed by atoms with E-state index < -0.39 is 17.4 Å². The minimum Gasteiger partial charge on any atom is -0.480 e. The van der Waals surface area contributed by atoms with Gasteiger partial charge in [-0.3, -0.25) is 9.59 Å². The molecule has 5 nitrogen and oxygen atoms in total. The first kappa shape index (κ1) is 16.8. The van der Waals surface area contributed by atoms with E-state index >= 15 is 0 Å². The van der Waals surface area contributed by atoms with Crippen LogP contribution in [0.4, 0.5) is 0 Å². The van der Waals surface area contributed by atoms with E-state index in [0.717, 1.165) is 0 Å². The monoisotopic (exact) mass is 388 g/mol. The molecular weight excluding hydrogens is 380 g/mol. The summed E-state index contributed by atoms with van der Waals surface area (Å²) in [6, 6.07) is 0. The van der Waals surface area contributed by atoms with Crippen LogP contribution in [0.5, 0.6) is 0 Å². The number of hydrogen-bond acceptors (Lipinski definition) is 3. The van der Waals surface area contributed by atoms with E-state index in [0.29, 0.717) is 0 Å². The van der Waals surface area contributed by atoms with Crippen LogP contribution in [0.1, 0.15) is 12.8 Å². The Kier molecular flexibility index (Phi) is 8.15. The van der Waals surface area contributed by atoms with Crippen molar-refractivity contribution in [2.75, 3.05) is 13.2 Å². The zero-order chi connectivity index (χ0) is 9.19. The SMILES string of the molecule is O=C(O)C1(C(=O)O)CCOCC1.[Ag].[Ag]. The second kappa shape index (κ2) is 6.79. The summed E-state index contributed by atoms with van der Waals surface area (Å²) in [5, 5.41) is 17.4. The second-order valence-corrected chi connectivity index (χ2v) is 2.80. The first-order valence-electron chi connectivity index (χ1n) is 3.64. The third-order valence-corrected chi connectivity index (χ3v) is 2.17. The molecule has 1 aliphatic rings. The largest absolute Gasteiger partial charge is 0.480 e. The van der Waals surface area contributed by atoms with E-state index in [1.165, 1.54) is 0 Å². The van der Waals surface area contributed by atoms with Gasteiger partial charge in [-0.2, -0.15) is 0 Å². The summed E-state index contributed by atoms with van der Waals surface area (Å²) in [5.74, 6) is -2.53. The summed E-state index contributed by atoms with van der Waals surface area (Å²) in [4.78, 5) is 21.4. The molecule has 0 saturated carbocycles. The molecular formula is C7H10Ag2O5. The first-order valence-corrected chi connectivity index (χ1v) is 3.64. The molecule has 1 saturated heterocycles. The van der Waals surface area contributed by atoms with Gasteiger partial charge in [0.1, 0.15) is 0 Å². The number of carboxylic acid groups (broad SMARTS) is 2. The minimum absolute atomic E-state index is 0. The third kappa shape index (κ3) is 3.20. The van der Waals surface area contributed by atoms with E-state index in [2.05, 4.69) is 0 Å². The molecule has 2 radical (unpaired) electrons. The molecule has 1 rings (SSSR count). The van der Waals surface area contributed by atoms with Crippen molar-refractivity contribution >= 4 is 11.9 Å². The van der Waals surface area contributed by atoms with Crippen molar-refractivity contribution in [3.63, 3.8) is 0 Å². The Labute approximate surface area is 112 Å². The fourth-order valence-electron chi connectivity index (χ4n) is 1.24. The van der Waals surface area contributed by atoms with E-state index in [1.807, 2.05) is 0 Å². The van der Waals surface area contributed by atoms with Gasteiger partial charge in [0.2, 0.25) is 0 Å². The predicted molar refractivity (Wildman–Crippen MR) is 37.8 cm³/mol. The number of carboxylic acids is 2. The zero-order valence-corrected chi connectivity index (χ0v) is 10.0. The molecule has 0 aliphatic carbocycles. The van der Waals surface area contributed by atoms with Crippen molar-refractivity contribution in [3.8, 4) is 0 Å². The van der Waals surface area contributed by atoms with Gasteiger partial charge in [-0.05, 0) is 12.8 Å². The van der Waals surface area contributed by atoms with Gasteiger partial charge in [-0.1, -0.05) is 0 Å². The molecule has 0 aromatic rings. The van der Waals surface area contributed by atoms with Crippen molar-refractivity contribution in [2.45, 2.75) is 12.8 Å². The van der Waals surface area contributed by atoms with Crippen molar-refractivity contribution in [1.29, 1.82) is 0 Å². The van der Waals surface area contributed by atoms with Gasteiger partial charge in [-0.15, -0.1) is 0 Å². The molecule has 0 amide bonds. The van der Waals surface area contributed by atoms with Gasteiger partial charge >= 0.3 is 11.9 Å². The standard InChI is InChI=1S/C7H10O5.2Ag/c8-5(9)7(6(10)11)1-3-12-4-2-7;;/h1-4H2,(H,8,9)(H,10,11);;. The maximum atomic E-state index is 10.7. The molecule has 2 N–H and O–H groups in total. The summed E-state index contributed by atoms with van der Waals surface area (Å²) in [6.07, 6.45) is 0.106. The average molecular weight is 390 g/mol. The first-order chi connectivity index (χ1) is 5.59. The van der Waals surface area contributed by atoms with Crippen LogP contribution in [-0.4, -0.2) is 35.4 Å². The molecule has 14 heavy (non-hydrogen) atoms. The summed E-state index contributed by atoms with van der Waals surface area (Å²) in [5.41, 5.74) is -1.61. The van der Waals surface area contributed by atoms with Crippen LogP contribution in [0, 0.1) is 5.41 Å². The van der Waals surface area contributed by atoms with E-state index in [-0.39, 0.29) is 70.8 Å². The van der Waals surface area contributed by atoms with E-state index in [9.17, 15) is 9.59 Å². The Bertz CT molecular complexity index is 196. The Morgan fingerprint density at radius 1 is 1.00 bits per heavy atom. The van der Waals surface area contributed by atoms with Crippen LogP contribution >= 0.6 is 0 Å². The molecule has 90 valence electrons. The van der Waals surface area contributed by atoms with Crippen LogP contribution < -0.4 is 0 Å². The maximum absolute atomic E-state index is 10.7. The summed E-state index contributed by atoms with van der Waals surface area (Å²) < 4.78 is 4.90. The molecule has 0 atom stereocenters. The molecule has 0 unspecified atom stereocenters. The van der Waals surface area contributed by atoms with Crippen LogP contribution in [0.3, 0.4) is 0 Å². The number of carbonyl (C=O) groups is 2. The number of rotatable bonds is 2. The van der Waals surface area contributed by atoms with Crippen molar-refractivity contribution in [3.05, 3.63) is 0 Å². The molecule has 0 spiro atoms. The quantitative estimate of drug-likeness (QED) is 0.511. The Hall–Kier alpha value is 0.381. The topological polar surface area (TPSA) is 83.8 Å². The summed E-state index contributed by atoms with van der Waals surface area (Å²) >= 11 is 0. The van der Waals surface area contributed by atoms with Gasteiger partial charge in [0, 0.05) is 58.0 Å². The molecule has 1 heterocycles. The van der Waals surface area contributed by atoms with Gasteiger partial charge < -0.3 is 14.9 Å². The van der Waals surface area contributed by atoms with Gasteiger partial charge in [-0.25, -0.2) is 0 Å². The molecule has 1 aliphatic heterocycles. The number of ether oxygens (including phenoxy) is 1. The minimum atomic E-state index is -1.61. The molecule has 1 fully saturated rings. The van der Waals surface area contributed by atoms with Crippen LogP contribution in [-0.2, 0) is 59.1 Å². The normalized spacial score (nSPS) is 18.6.